The fourth-order valence-electron chi connectivity index (χ4n) is 1.46. The lowest BCUT2D eigenvalue weighted by Crippen LogP contribution is -1.73. The quantitative estimate of drug-likeness (QED) is 0.639. The summed E-state index contributed by atoms with van der Waals surface area (Å²) in [5.74, 6) is 0. The Morgan fingerprint density at radius 2 is 2.20 bits per heavy atom. The molecule has 0 bridgehead atoms. The number of hydrogen-bond donors (Lipinski definition) is 0. The predicted molar refractivity (Wildman–Crippen MR) is 65.5 cm³/mol. The lowest BCUT2D eigenvalue weighted by Gasteiger charge is -1.88. The van der Waals surface area contributed by atoms with Crippen molar-refractivity contribution >= 4 is 32.9 Å². The molecular formula is C11H8N2S2. The normalized spacial score (nSPS) is 11.0. The van der Waals surface area contributed by atoms with Crippen LogP contribution in [-0.2, 0) is 0 Å². The zero-order valence-corrected chi connectivity index (χ0v) is 9.73. The molecule has 74 valence electrons. The second-order valence-electron chi connectivity index (χ2n) is 3.36. The van der Waals surface area contributed by atoms with Crippen molar-refractivity contribution < 1.29 is 0 Å². The predicted octanol–water partition coefficient (Wildman–Crippen LogP) is 3.73. The van der Waals surface area contributed by atoms with Crippen molar-refractivity contribution in [1.82, 2.24) is 9.97 Å². The van der Waals surface area contributed by atoms with E-state index >= 15 is 0 Å². The summed E-state index contributed by atoms with van der Waals surface area (Å²) in [5.41, 5.74) is 5.16. The number of aromatic nitrogens is 2. The van der Waals surface area contributed by atoms with Gasteiger partial charge in [0.15, 0.2) is 0 Å². The Hall–Kier alpha value is -1.26. The molecule has 0 N–H and O–H groups in total. The zero-order valence-electron chi connectivity index (χ0n) is 8.10. The molecule has 4 heteroatoms. The molecule has 2 nitrogen and oxygen atoms in total. The second kappa shape index (κ2) is 3.40. The third kappa shape index (κ3) is 1.56. The molecule has 0 spiro atoms. The molecule has 0 aliphatic carbocycles. The molecule has 2 aromatic heterocycles. The summed E-state index contributed by atoms with van der Waals surface area (Å²) < 4.78 is 1.23. The SMILES string of the molecule is Cc1ccc2nc(-c3cscn3)sc2c1. The van der Waals surface area contributed by atoms with E-state index in [9.17, 15) is 0 Å². The first-order chi connectivity index (χ1) is 7.33. The van der Waals surface area contributed by atoms with Crippen molar-refractivity contribution in [3.63, 3.8) is 0 Å². The van der Waals surface area contributed by atoms with Gasteiger partial charge in [0.25, 0.3) is 0 Å². The average molecular weight is 232 g/mol. The van der Waals surface area contributed by atoms with E-state index in [2.05, 4.69) is 35.1 Å². The van der Waals surface area contributed by atoms with Gasteiger partial charge >= 0.3 is 0 Å². The van der Waals surface area contributed by atoms with Crippen LogP contribution in [-0.4, -0.2) is 9.97 Å². The van der Waals surface area contributed by atoms with E-state index in [0.717, 1.165) is 16.2 Å². The molecule has 0 aliphatic heterocycles. The van der Waals surface area contributed by atoms with Gasteiger partial charge in [-0.1, -0.05) is 6.07 Å². The third-order valence-corrected chi connectivity index (χ3v) is 3.82. The first-order valence-corrected chi connectivity index (χ1v) is 6.34. The minimum Gasteiger partial charge on any atom is -0.242 e. The summed E-state index contributed by atoms with van der Waals surface area (Å²) >= 11 is 3.31. The number of benzene rings is 1. The summed E-state index contributed by atoms with van der Waals surface area (Å²) in [6, 6.07) is 6.33. The van der Waals surface area contributed by atoms with Gasteiger partial charge in [-0.25, -0.2) is 9.97 Å². The van der Waals surface area contributed by atoms with Crippen LogP contribution in [0.3, 0.4) is 0 Å². The Morgan fingerprint density at radius 1 is 1.27 bits per heavy atom. The van der Waals surface area contributed by atoms with Crippen LogP contribution < -0.4 is 0 Å². The van der Waals surface area contributed by atoms with Gasteiger partial charge in [0.2, 0.25) is 0 Å². The molecular weight excluding hydrogens is 224 g/mol. The fraction of sp³-hybridized carbons (Fsp3) is 0.0909. The van der Waals surface area contributed by atoms with Crippen molar-refractivity contribution in [2.45, 2.75) is 6.92 Å². The lowest BCUT2D eigenvalue weighted by molar-refractivity contribution is 1.37. The molecule has 15 heavy (non-hydrogen) atoms. The van der Waals surface area contributed by atoms with Crippen molar-refractivity contribution in [1.29, 1.82) is 0 Å². The lowest BCUT2D eigenvalue weighted by atomic mass is 10.2. The molecule has 0 atom stereocenters. The molecule has 3 aromatic rings. The molecule has 2 heterocycles. The van der Waals surface area contributed by atoms with Crippen molar-refractivity contribution in [2.24, 2.45) is 0 Å². The molecule has 0 aliphatic rings. The minimum absolute atomic E-state index is 0.985. The van der Waals surface area contributed by atoms with Crippen LogP contribution >= 0.6 is 22.7 Å². The van der Waals surface area contributed by atoms with Gasteiger partial charge in [0.05, 0.1) is 15.7 Å². The molecule has 3 rings (SSSR count). The third-order valence-electron chi connectivity index (χ3n) is 2.20. The van der Waals surface area contributed by atoms with Crippen LogP contribution in [0.25, 0.3) is 20.9 Å². The summed E-state index contributed by atoms with van der Waals surface area (Å²) in [6.45, 7) is 2.10. The molecule has 0 unspecified atom stereocenters. The van der Waals surface area contributed by atoms with E-state index in [1.54, 1.807) is 22.7 Å². The molecule has 0 radical (unpaired) electrons. The topological polar surface area (TPSA) is 25.8 Å². The highest BCUT2D eigenvalue weighted by Crippen LogP contribution is 2.30. The maximum atomic E-state index is 4.56. The molecule has 0 saturated carbocycles. The maximum Gasteiger partial charge on any atom is 0.143 e. The van der Waals surface area contributed by atoms with E-state index in [0.29, 0.717) is 0 Å². The van der Waals surface area contributed by atoms with Crippen LogP contribution in [0.4, 0.5) is 0 Å². The van der Waals surface area contributed by atoms with Crippen LogP contribution in [0.2, 0.25) is 0 Å². The van der Waals surface area contributed by atoms with E-state index in [-0.39, 0.29) is 0 Å². The van der Waals surface area contributed by atoms with Crippen LogP contribution in [0, 0.1) is 6.92 Å². The summed E-state index contributed by atoms with van der Waals surface area (Å²) in [5, 5.41) is 3.04. The van der Waals surface area contributed by atoms with Crippen LogP contribution in [0.5, 0.6) is 0 Å². The molecule has 0 fully saturated rings. The van der Waals surface area contributed by atoms with E-state index in [1.807, 2.05) is 10.9 Å². The Bertz CT molecular complexity index is 596. The van der Waals surface area contributed by atoms with Gasteiger partial charge in [-0.15, -0.1) is 22.7 Å². The van der Waals surface area contributed by atoms with E-state index < -0.39 is 0 Å². The Kier molecular flexibility index (Phi) is 2.04. The number of hydrogen-bond acceptors (Lipinski definition) is 4. The first-order valence-electron chi connectivity index (χ1n) is 4.59. The Morgan fingerprint density at radius 3 is 3.00 bits per heavy atom. The van der Waals surface area contributed by atoms with Gasteiger partial charge in [-0.05, 0) is 24.6 Å². The van der Waals surface area contributed by atoms with Crippen LogP contribution in [0.15, 0.2) is 29.1 Å². The number of thiazole rings is 2. The molecule has 1 aromatic carbocycles. The maximum absolute atomic E-state index is 4.56. The summed E-state index contributed by atoms with van der Waals surface area (Å²) in [6.07, 6.45) is 0. The second-order valence-corrected chi connectivity index (χ2v) is 5.11. The monoisotopic (exact) mass is 232 g/mol. The Balaban J connectivity index is 2.22. The molecule has 0 saturated heterocycles. The number of aryl methyl sites for hydroxylation is 1. The highest BCUT2D eigenvalue weighted by atomic mass is 32.1. The van der Waals surface area contributed by atoms with Gasteiger partial charge in [0.1, 0.15) is 10.7 Å². The van der Waals surface area contributed by atoms with E-state index in [1.165, 1.54) is 10.3 Å². The number of nitrogens with zero attached hydrogens (tertiary/aromatic N) is 2. The van der Waals surface area contributed by atoms with Gasteiger partial charge in [-0.3, -0.25) is 0 Å². The average Bonchev–Trinajstić information content (AvgIpc) is 2.84. The summed E-state index contributed by atoms with van der Waals surface area (Å²) in [4.78, 5) is 8.83. The number of rotatable bonds is 1. The largest absolute Gasteiger partial charge is 0.242 e. The standard InChI is InChI=1S/C11H8N2S2/c1-7-2-3-8-10(4-7)15-11(13-8)9-5-14-6-12-9/h2-6H,1H3. The van der Waals surface area contributed by atoms with Crippen LogP contribution in [0.1, 0.15) is 5.56 Å². The fourth-order valence-corrected chi connectivity index (χ4v) is 3.10. The first kappa shape index (κ1) is 9.00. The number of fused-ring (bicyclic) bond motifs is 1. The summed E-state index contributed by atoms with van der Waals surface area (Å²) in [7, 11) is 0. The van der Waals surface area contributed by atoms with Gasteiger partial charge < -0.3 is 0 Å². The molecule has 0 amide bonds. The Labute approximate surface area is 95.3 Å². The van der Waals surface area contributed by atoms with Crippen molar-refractivity contribution in [2.75, 3.05) is 0 Å². The van der Waals surface area contributed by atoms with Crippen molar-refractivity contribution in [3.8, 4) is 10.7 Å². The highest BCUT2D eigenvalue weighted by molar-refractivity contribution is 7.21. The minimum atomic E-state index is 0.985. The highest BCUT2D eigenvalue weighted by Gasteiger charge is 2.07. The van der Waals surface area contributed by atoms with E-state index in [4.69, 9.17) is 0 Å². The van der Waals surface area contributed by atoms with Gasteiger partial charge in [0, 0.05) is 5.38 Å². The zero-order chi connectivity index (χ0) is 10.3. The van der Waals surface area contributed by atoms with Gasteiger partial charge in [-0.2, -0.15) is 0 Å². The van der Waals surface area contributed by atoms with Crippen molar-refractivity contribution in [3.05, 3.63) is 34.7 Å². The smallest absolute Gasteiger partial charge is 0.143 e.